The van der Waals surface area contributed by atoms with E-state index in [1.54, 1.807) is 0 Å². The van der Waals surface area contributed by atoms with Crippen LogP contribution in [0.15, 0.2) is 8.83 Å². The molecule has 0 aliphatic rings. The van der Waals surface area contributed by atoms with Crippen molar-refractivity contribution >= 4 is 17.7 Å². The van der Waals surface area contributed by atoms with Crippen LogP contribution >= 0.6 is 0 Å². The summed E-state index contributed by atoms with van der Waals surface area (Å²) in [5.41, 5.74) is -1.82. The standard InChI is InChI=1S/C7HN9O8/c17-14(18)3-1(4-10-12-6(23-4)15(19)20)8-9-2(3)5-11-13-7(24-5)16(21)22/h(H,8,9). The Balaban J connectivity index is 2.12. The predicted octanol–water partition coefficient (Wildman–Crippen LogP) is 0.234. The summed E-state index contributed by atoms with van der Waals surface area (Å²) in [6.45, 7) is 0. The molecule has 1 N–H and O–H groups in total. The minimum absolute atomic E-state index is 0.476. The number of nitrogens with zero attached hydrogens (tertiary/aromatic N) is 8. The summed E-state index contributed by atoms with van der Waals surface area (Å²) < 4.78 is 9.27. The first-order valence-electron chi connectivity index (χ1n) is 5.57. The molecule has 17 heteroatoms. The normalized spacial score (nSPS) is 10.7. The van der Waals surface area contributed by atoms with Crippen LogP contribution in [0, 0.1) is 30.3 Å². The van der Waals surface area contributed by atoms with Crippen molar-refractivity contribution in [1.29, 1.82) is 0 Å². The second kappa shape index (κ2) is 5.15. The lowest BCUT2D eigenvalue weighted by Crippen LogP contribution is -1.92. The Morgan fingerprint density at radius 3 is 1.83 bits per heavy atom. The molecule has 0 aromatic carbocycles. The molecule has 0 aliphatic carbocycles. The van der Waals surface area contributed by atoms with Gasteiger partial charge in [-0.3, -0.25) is 15.2 Å². The van der Waals surface area contributed by atoms with Crippen molar-refractivity contribution in [3.8, 4) is 23.2 Å². The van der Waals surface area contributed by atoms with E-state index in [0.29, 0.717) is 0 Å². The van der Waals surface area contributed by atoms with Crippen LogP contribution in [0.3, 0.4) is 0 Å². The molecule has 0 saturated heterocycles. The third-order valence-corrected chi connectivity index (χ3v) is 2.48. The van der Waals surface area contributed by atoms with E-state index in [9.17, 15) is 30.3 Å². The molecule has 0 unspecified atom stereocenters. The van der Waals surface area contributed by atoms with E-state index in [0.717, 1.165) is 0 Å². The highest BCUT2D eigenvalue weighted by molar-refractivity contribution is 5.75. The van der Waals surface area contributed by atoms with Gasteiger partial charge in [0.15, 0.2) is 0 Å². The van der Waals surface area contributed by atoms with Gasteiger partial charge in [0.1, 0.15) is 10.2 Å². The Morgan fingerprint density at radius 1 is 0.792 bits per heavy atom. The van der Waals surface area contributed by atoms with Gasteiger partial charge in [0.2, 0.25) is 11.4 Å². The molecule has 24 heavy (non-hydrogen) atoms. The fourth-order valence-electron chi connectivity index (χ4n) is 1.59. The first-order valence-corrected chi connectivity index (χ1v) is 5.57. The van der Waals surface area contributed by atoms with Crippen LogP contribution < -0.4 is 0 Å². The summed E-state index contributed by atoms with van der Waals surface area (Å²) in [7, 11) is 0. The molecule has 0 amide bonds. The first-order chi connectivity index (χ1) is 11.4. The molecule has 3 rings (SSSR count). The predicted molar refractivity (Wildman–Crippen MR) is 65.1 cm³/mol. The second-order valence-electron chi connectivity index (χ2n) is 3.85. The number of rotatable bonds is 5. The lowest BCUT2D eigenvalue weighted by molar-refractivity contribution is -0.407. The minimum Gasteiger partial charge on any atom is -0.359 e. The van der Waals surface area contributed by atoms with Crippen molar-refractivity contribution in [2.75, 3.05) is 0 Å². The van der Waals surface area contributed by atoms with Crippen LogP contribution in [-0.4, -0.2) is 45.4 Å². The number of H-pyrrole nitrogens is 1. The third-order valence-electron chi connectivity index (χ3n) is 2.48. The molecule has 3 aromatic heterocycles. The zero-order valence-corrected chi connectivity index (χ0v) is 10.8. The summed E-state index contributed by atoms with van der Waals surface area (Å²) in [5.74, 6) is -1.22. The highest BCUT2D eigenvalue weighted by atomic mass is 16.7. The summed E-state index contributed by atoms with van der Waals surface area (Å²) in [6, 6.07) is -2.00. The average Bonchev–Trinajstić information content (AvgIpc) is 3.24. The maximum Gasteiger partial charge on any atom is 0.572 e. The Hall–Kier alpha value is -4.31. The lowest BCUT2D eigenvalue weighted by Gasteiger charge is -1.90. The lowest BCUT2D eigenvalue weighted by atomic mass is 10.3. The van der Waals surface area contributed by atoms with Gasteiger partial charge in [-0.25, -0.2) is 0 Å². The van der Waals surface area contributed by atoms with Crippen LogP contribution in [0.2, 0.25) is 0 Å². The summed E-state index contributed by atoms with van der Waals surface area (Å²) >= 11 is 0. The van der Waals surface area contributed by atoms with Gasteiger partial charge in [0, 0.05) is 20.0 Å². The van der Waals surface area contributed by atoms with Crippen LogP contribution in [0.1, 0.15) is 0 Å². The van der Waals surface area contributed by atoms with E-state index >= 15 is 0 Å². The van der Waals surface area contributed by atoms with Gasteiger partial charge in [-0.1, -0.05) is 0 Å². The highest BCUT2D eigenvalue weighted by Crippen LogP contribution is 2.36. The Kier molecular flexibility index (Phi) is 3.14. The third kappa shape index (κ3) is 2.26. The maximum atomic E-state index is 11.2. The van der Waals surface area contributed by atoms with Gasteiger partial charge in [0.25, 0.3) is 0 Å². The molecule has 0 radical (unpaired) electrons. The van der Waals surface area contributed by atoms with Crippen LogP contribution in [0.25, 0.3) is 23.2 Å². The second-order valence-corrected chi connectivity index (χ2v) is 3.85. The molecule has 3 heterocycles. The molecule has 0 atom stereocenters. The monoisotopic (exact) mass is 339 g/mol. The summed E-state index contributed by atoms with van der Waals surface area (Å²) in [4.78, 5) is 29.3. The number of nitrogens with one attached hydrogen (secondary N) is 1. The highest BCUT2D eigenvalue weighted by Gasteiger charge is 2.36. The van der Waals surface area contributed by atoms with Crippen molar-refractivity contribution in [3.63, 3.8) is 0 Å². The summed E-state index contributed by atoms with van der Waals surface area (Å²) in [5, 5.41) is 50.6. The Labute approximate surface area is 126 Å². The number of hydrogen-bond acceptors (Lipinski definition) is 13. The molecule has 0 bridgehead atoms. The van der Waals surface area contributed by atoms with Gasteiger partial charge in [0.05, 0.1) is 4.92 Å². The minimum atomic E-state index is -1.00. The molecule has 3 aromatic rings. The van der Waals surface area contributed by atoms with E-state index in [-0.39, 0.29) is 0 Å². The van der Waals surface area contributed by atoms with Crippen LogP contribution in [-0.2, 0) is 0 Å². The van der Waals surface area contributed by atoms with Crippen molar-refractivity contribution in [2.45, 2.75) is 0 Å². The Bertz CT molecular complexity index is 899. The number of aromatic nitrogens is 6. The average molecular weight is 339 g/mol. The maximum absolute atomic E-state index is 11.2. The molecule has 0 spiro atoms. The number of aromatic amines is 1. The molecule has 0 aliphatic heterocycles. The zero-order chi connectivity index (χ0) is 17.4. The van der Waals surface area contributed by atoms with Gasteiger partial charge < -0.3 is 29.1 Å². The van der Waals surface area contributed by atoms with Crippen molar-refractivity contribution in [3.05, 3.63) is 30.3 Å². The SMILES string of the molecule is O=[N+]([O-])c1nnc(-c2n[nH]c(-c3nnc([N+](=O)[O-])o3)c2[N+](=O)[O-])o1. The Morgan fingerprint density at radius 2 is 1.33 bits per heavy atom. The fourth-order valence-corrected chi connectivity index (χ4v) is 1.59. The van der Waals surface area contributed by atoms with E-state index in [1.807, 2.05) is 0 Å². The summed E-state index contributed by atoms with van der Waals surface area (Å²) in [6.07, 6.45) is 0. The van der Waals surface area contributed by atoms with Gasteiger partial charge in [-0.05, 0) is 0 Å². The van der Waals surface area contributed by atoms with Gasteiger partial charge >= 0.3 is 29.5 Å². The molecule has 0 saturated carbocycles. The van der Waals surface area contributed by atoms with E-state index in [4.69, 9.17) is 0 Å². The van der Waals surface area contributed by atoms with E-state index in [2.05, 4.69) is 39.4 Å². The molecular weight excluding hydrogens is 338 g/mol. The number of nitro groups is 3. The fraction of sp³-hybridized carbons (Fsp3) is 0. The smallest absolute Gasteiger partial charge is 0.359 e. The molecule has 122 valence electrons. The van der Waals surface area contributed by atoms with Crippen molar-refractivity contribution < 1.29 is 23.6 Å². The quantitative estimate of drug-likeness (QED) is 0.484. The van der Waals surface area contributed by atoms with Crippen molar-refractivity contribution in [2.24, 2.45) is 0 Å². The van der Waals surface area contributed by atoms with E-state index in [1.165, 1.54) is 0 Å². The largest absolute Gasteiger partial charge is 0.572 e. The zero-order valence-electron chi connectivity index (χ0n) is 10.8. The van der Waals surface area contributed by atoms with Crippen molar-refractivity contribution in [1.82, 2.24) is 30.6 Å². The molecular formula is C7HN9O8. The van der Waals surface area contributed by atoms with Gasteiger partial charge in [-0.15, -0.1) is 0 Å². The molecule has 17 nitrogen and oxygen atoms in total. The van der Waals surface area contributed by atoms with E-state index < -0.39 is 55.7 Å². The van der Waals surface area contributed by atoms with Crippen LogP contribution in [0.5, 0.6) is 0 Å². The number of hydrogen-bond donors (Lipinski definition) is 1. The molecule has 0 fully saturated rings. The van der Waals surface area contributed by atoms with Crippen LogP contribution in [0.4, 0.5) is 17.7 Å². The first kappa shape index (κ1) is 14.6. The topological polar surface area (TPSA) is 236 Å². The van der Waals surface area contributed by atoms with Gasteiger partial charge in [-0.2, -0.15) is 5.10 Å².